The van der Waals surface area contributed by atoms with Crippen molar-refractivity contribution in [2.24, 2.45) is 0 Å². The van der Waals surface area contributed by atoms with Crippen LogP contribution in [0.15, 0.2) is 12.1 Å². The van der Waals surface area contributed by atoms with Crippen molar-refractivity contribution in [2.45, 2.75) is 12.8 Å². The molecule has 2 nitrogen and oxygen atoms in total. The van der Waals surface area contributed by atoms with Crippen LogP contribution < -0.4 is 10.1 Å². The zero-order chi connectivity index (χ0) is 9.26. The first-order valence-corrected chi connectivity index (χ1v) is 4.80. The number of rotatable bonds is 1. The van der Waals surface area contributed by atoms with E-state index in [1.165, 1.54) is 12.0 Å². The lowest BCUT2D eigenvalue weighted by atomic mass is 10.0. The van der Waals surface area contributed by atoms with Gasteiger partial charge in [0, 0.05) is 6.54 Å². The van der Waals surface area contributed by atoms with E-state index in [1.807, 2.05) is 6.07 Å². The van der Waals surface area contributed by atoms with Crippen molar-refractivity contribution in [3.05, 3.63) is 22.7 Å². The predicted molar refractivity (Wildman–Crippen MR) is 54.8 cm³/mol. The van der Waals surface area contributed by atoms with E-state index in [9.17, 15) is 0 Å². The largest absolute Gasteiger partial charge is 0.493 e. The van der Waals surface area contributed by atoms with E-state index >= 15 is 0 Å². The molecule has 0 amide bonds. The smallest absolute Gasteiger partial charge is 0.160 e. The fraction of sp³-hybridized carbons (Fsp3) is 0.400. The fourth-order valence-electron chi connectivity index (χ4n) is 1.69. The van der Waals surface area contributed by atoms with Gasteiger partial charge in [-0.3, -0.25) is 0 Å². The molecule has 0 spiro atoms. The third kappa shape index (κ3) is 1.46. The lowest BCUT2D eigenvalue weighted by Crippen LogP contribution is -2.12. The summed E-state index contributed by atoms with van der Waals surface area (Å²) in [5.41, 5.74) is 2.37. The maximum Gasteiger partial charge on any atom is 0.160 e. The van der Waals surface area contributed by atoms with Crippen molar-refractivity contribution in [2.75, 3.05) is 19.0 Å². The number of nitrogens with one attached hydrogen (secondary N) is 1. The summed E-state index contributed by atoms with van der Waals surface area (Å²) in [4.78, 5) is 0. The lowest BCUT2D eigenvalue weighted by molar-refractivity contribution is 0.415. The van der Waals surface area contributed by atoms with Gasteiger partial charge in [0.05, 0.1) is 17.8 Å². The third-order valence-corrected chi connectivity index (χ3v) is 2.62. The molecule has 0 saturated heterocycles. The number of fused-ring (bicyclic) bond motifs is 1. The molecule has 0 aromatic heterocycles. The molecule has 0 radical (unpaired) electrons. The zero-order valence-corrected chi connectivity index (χ0v) is 8.32. The standard InChI is InChI=1S/C10H12ClNO/c1-13-10-8(11)5-4-7-3-2-6-12-9(7)10/h4-5,12H,2-3,6H2,1H3. The van der Waals surface area contributed by atoms with Gasteiger partial charge in [0.25, 0.3) is 0 Å². The van der Waals surface area contributed by atoms with Gasteiger partial charge >= 0.3 is 0 Å². The second-order valence-corrected chi connectivity index (χ2v) is 3.55. The number of hydrogen-bond acceptors (Lipinski definition) is 2. The summed E-state index contributed by atoms with van der Waals surface area (Å²) in [7, 11) is 1.65. The molecule has 0 bridgehead atoms. The normalized spacial score (nSPS) is 14.6. The van der Waals surface area contributed by atoms with Crippen molar-refractivity contribution in [1.29, 1.82) is 0 Å². The minimum absolute atomic E-state index is 0.677. The van der Waals surface area contributed by atoms with Crippen LogP contribution in [0.1, 0.15) is 12.0 Å². The number of hydrogen-bond donors (Lipinski definition) is 1. The second-order valence-electron chi connectivity index (χ2n) is 3.15. The molecule has 1 heterocycles. The van der Waals surface area contributed by atoms with Crippen molar-refractivity contribution in [1.82, 2.24) is 0 Å². The molecule has 1 aromatic carbocycles. The van der Waals surface area contributed by atoms with Crippen molar-refractivity contribution in [3.8, 4) is 5.75 Å². The number of aryl methyl sites for hydroxylation is 1. The van der Waals surface area contributed by atoms with Crippen LogP contribution in [0.3, 0.4) is 0 Å². The van der Waals surface area contributed by atoms with Crippen LogP contribution in [0.5, 0.6) is 5.75 Å². The minimum Gasteiger partial charge on any atom is -0.493 e. The average Bonchev–Trinajstić information content (AvgIpc) is 2.18. The molecular weight excluding hydrogens is 186 g/mol. The van der Waals surface area contributed by atoms with Crippen LogP contribution in [-0.4, -0.2) is 13.7 Å². The molecule has 70 valence electrons. The number of halogens is 1. The molecular formula is C10H12ClNO. The third-order valence-electron chi connectivity index (χ3n) is 2.32. The summed E-state index contributed by atoms with van der Waals surface area (Å²) >= 11 is 6.00. The van der Waals surface area contributed by atoms with Crippen LogP contribution in [0.2, 0.25) is 5.02 Å². The van der Waals surface area contributed by atoms with E-state index < -0.39 is 0 Å². The van der Waals surface area contributed by atoms with Crippen LogP contribution in [0.4, 0.5) is 5.69 Å². The second kappa shape index (κ2) is 3.46. The molecule has 0 fully saturated rings. The first kappa shape index (κ1) is 8.70. The fourth-order valence-corrected chi connectivity index (χ4v) is 1.93. The lowest BCUT2D eigenvalue weighted by Gasteiger charge is -2.20. The number of ether oxygens (including phenoxy) is 1. The van der Waals surface area contributed by atoms with Crippen molar-refractivity contribution < 1.29 is 4.74 Å². The molecule has 13 heavy (non-hydrogen) atoms. The van der Waals surface area contributed by atoms with Gasteiger partial charge in [0.15, 0.2) is 5.75 Å². The maximum absolute atomic E-state index is 6.00. The number of benzene rings is 1. The monoisotopic (exact) mass is 197 g/mol. The highest BCUT2D eigenvalue weighted by atomic mass is 35.5. The molecule has 0 unspecified atom stereocenters. The molecule has 1 aromatic rings. The first-order valence-electron chi connectivity index (χ1n) is 4.42. The highest BCUT2D eigenvalue weighted by Crippen LogP contribution is 2.37. The van der Waals surface area contributed by atoms with E-state index in [4.69, 9.17) is 16.3 Å². The zero-order valence-electron chi connectivity index (χ0n) is 7.56. The minimum atomic E-state index is 0.677. The number of anilines is 1. The van der Waals surface area contributed by atoms with E-state index in [-0.39, 0.29) is 0 Å². The quantitative estimate of drug-likeness (QED) is 0.748. The van der Waals surface area contributed by atoms with Crippen LogP contribution >= 0.6 is 11.6 Å². The Morgan fingerprint density at radius 3 is 3.08 bits per heavy atom. The molecule has 0 saturated carbocycles. The summed E-state index contributed by atoms with van der Waals surface area (Å²) < 4.78 is 5.25. The van der Waals surface area contributed by atoms with Crippen LogP contribution in [-0.2, 0) is 6.42 Å². The molecule has 2 rings (SSSR count). The Bertz CT molecular complexity index is 325. The van der Waals surface area contributed by atoms with E-state index in [0.29, 0.717) is 5.02 Å². The predicted octanol–water partition coefficient (Wildman–Crippen LogP) is 2.71. The van der Waals surface area contributed by atoms with Gasteiger partial charge in [0.2, 0.25) is 0 Å². The maximum atomic E-state index is 6.00. The van der Waals surface area contributed by atoms with Crippen molar-refractivity contribution in [3.63, 3.8) is 0 Å². The molecule has 0 aliphatic carbocycles. The summed E-state index contributed by atoms with van der Waals surface area (Å²) in [6.45, 7) is 1.00. The van der Waals surface area contributed by atoms with Gasteiger partial charge in [-0.15, -0.1) is 0 Å². The van der Waals surface area contributed by atoms with E-state index in [1.54, 1.807) is 7.11 Å². The van der Waals surface area contributed by atoms with Crippen LogP contribution in [0, 0.1) is 0 Å². The van der Waals surface area contributed by atoms with Gasteiger partial charge < -0.3 is 10.1 Å². The number of methoxy groups -OCH3 is 1. The molecule has 1 N–H and O–H groups in total. The first-order chi connectivity index (χ1) is 6.33. The molecule has 1 aliphatic heterocycles. The Balaban J connectivity index is 2.52. The Labute approximate surface area is 82.9 Å². The summed E-state index contributed by atoms with van der Waals surface area (Å²) in [6.07, 6.45) is 2.29. The highest BCUT2D eigenvalue weighted by molar-refractivity contribution is 6.32. The van der Waals surface area contributed by atoms with Gasteiger partial charge in [-0.25, -0.2) is 0 Å². The SMILES string of the molecule is COc1c(Cl)ccc2c1NCCC2. The van der Waals surface area contributed by atoms with Gasteiger partial charge in [-0.2, -0.15) is 0 Å². The van der Waals surface area contributed by atoms with Gasteiger partial charge in [0.1, 0.15) is 0 Å². The summed E-state index contributed by atoms with van der Waals surface area (Å²) in [5, 5.41) is 3.99. The highest BCUT2D eigenvalue weighted by Gasteiger charge is 2.15. The average molecular weight is 198 g/mol. The van der Waals surface area contributed by atoms with Crippen molar-refractivity contribution >= 4 is 17.3 Å². The van der Waals surface area contributed by atoms with E-state index in [0.717, 1.165) is 24.4 Å². The molecule has 3 heteroatoms. The summed E-state index contributed by atoms with van der Waals surface area (Å²) in [6, 6.07) is 3.96. The molecule has 0 atom stereocenters. The van der Waals surface area contributed by atoms with Gasteiger partial charge in [-0.05, 0) is 24.5 Å². The summed E-state index contributed by atoms with van der Waals surface area (Å²) in [5.74, 6) is 0.777. The Morgan fingerprint density at radius 2 is 2.31 bits per heavy atom. The Kier molecular flexibility index (Phi) is 2.32. The van der Waals surface area contributed by atoms with E-state index in [2.05, 4.69) is 11.4 Å². The molecule has 1 aliphatic rings. The van der Waals surface area contributed by atoms with Gasteiger partial charge in [-0.1, -0.05) is 17.7 Å². The Morgan fingerprint density at radius 1 is 1.46 bits per heavy atom. The topological polar surface area (TPSA) is 21.3 Å². The van der Waals surface area contributed by atoms with Crippen LogP contribution in [0.25, 0.3) is 0 Å². The Hall–Kier alpha value is -0.890.